The lowest BCUT2D eigenvalue weighted by molar-refractivity contribution is 0.141. The molecule has 1 fully saturated rings. The van der Waals surface area contributed by atoms with Crippen LogP contribution in [0.3, 0.4) is 0 Å². The van der Waals surface area contributed by atoms with Crippen LogP contribution in [0.5, 0.6) is 0 Å². The molecule has 6 rings (SSSR count). The molecule has 3 N–H and O–H groups in total. The van der Waals surface area contributed by atoms with Crippen molar-refractivity contribution in [3.05, 3.63) is 78.3 Å². The maximum atomic E-state index is 13.7. The monoisotopic (exact) mass is 582 g/mol. The van der Waals surface area contributed by atoms with Crippen LogP contribution in [0.4, 0.5) is 26.4 Å². The SMILES string of the molecule is Nc1ncc(-c2cnn(CCO)c2)c2scc(-c3ccc(N4OS(=O)(=O)ON(c5cccc(F)c5)C4=O)cc3)c12. The van der Waals surface area contributed by atoms with Crippen LogP contribution in [-0.4, -0.2) is 40.9 Å². The van der Waals surface area contributed by atoms with E-state index in [1.54, 1.807) is 29.2 Å². The van der Waals surface area contributed by atoms with Crippen LogP contribution in [0.25, 0.3) is 32.3 Å². The maximum absolute atomic E-state index is 13.7. The predicted octanol–water partition coefficient (Wildman–Crippen LogP) is 4.10. The van der Waals surface area contributed by atoms with Crippen molar-refractivity contribution in [1.29, 1.82) is 0 Å². The van der Waals surface area contributed by atoms with Crippen LogP contribution >= 0.6 is 11.3 Å². The lowest BCUT2D eigenvalue weighted by Crippen LogP contribution is -2.51. The van der Waals surface area contributed by atoms with Crippen LogP contribution in [0.15, 0.2) is 72.5 Å². The Balaban J connectivity index is 1.34. The number of rotatable bonds is 6. The summed E-state index contributed by atoms with van der Waals surface area (Å²) in [6.45, 7) is 0.329. The first-order valence-electron chi connectivity index (χ1n) is 11.7. The maximum Gasteiger partial charge on any atom is 0.443 e. The van der Waals surface area contributed by atoms with E-state index in [1.165, 1.54) is 35.6 Å². The highest BCUT2D eigenvalue weighted by Gasteiger charge is 2.40. The molecule has 1 aliphatic heterocycles. The number of anilines is 3. The number of aromatic nitrogens is 3. The lowest BCUT2D eigenvalue weighted by Gasteiger charge is -2.31. The molecule has 0 bridgehead atoms. The number of benzene rings is 2. The number of halogens is 1. The van der Waals surface area contributed by atoms with E-state index < -0.39 is 22.2 Å². The summed E-state index contributed by atoms with van der Waals surface area (Å²) in [6, 6.07) is 10.0. The number of hydroxylamine groups is 2. The minimum absolute atomic E-state index is 0.0362. The average Bonchev–Trinajstić information content (AvgIpc) is 3.59. The number of hydrogen-bond acceptors (Lipinski definition) is 10. The zero-order valence-corrected chi connectivity index (χ0v) is 22.0. The van der Waals surface area contributed by atoms with Gasteiger partial charge in [0.15, 0.2) is 0 Å². The third-order valence-electron chi connectivity index (χ3n) is 6.03. The van der Waals surface area contributed by atoms with Gasteiger partial charge in [0.05, 0.1) is 30.7 Å². The van der Waals surface area contributed by atoms with Crippen molar-refractivity contribution in [2.24, 2.45) is 0 Å². The quantitative estimate of drug-likeness (QED) is 0.301. The second kappa shape index (κ2) is 9.96. The Labute approximate surface area is 230 Å². The molecule has 0 saturated carbocycles. The van der Waals surface area contributed by atoms with Crippen molar-refractivity contribution in [3.8, 4) is 22.3 Å². The highest BCUT2D eigenvalue weighted by Crippen LogP contribution is 2.42. The fourth-order valence-electron chi connectivity index (χ4n) is 4.24. The van der Waals surface area contributed by atoms with E-state index in [4.69, 9.17) is 10.0 Å². The van der Waals surface area contributed by atoms with Crippen molar-refractivity contribution in [3.63, 3.8) is 0 Å². The van der Waals surface area contributed by atoms with Gasteiger partial charge in [-0.3, -0.25) is 4.68 Å². The van der Waals surface area contributed by atoms with E-state index in [0.29, 0.717) is 22.5 Å². The Morgan fingerprint density at radius 2 is 1.75 bits per heavy atom. The third-order valence-corrected chi connectivity index (χ3v) is 7.71. The molecule has 204 valence electrons. The normalized spacial score (nSPS) is 15.2. The summed E-state index contributed by atoms with van der Waals surface area (Å²) in [4.78, 5) is 17.4. The van der Waals surface area contributed by atoms with E-state index in [-0.39, 0.29) is 18.0 Å². The Hall–Kier alpha value is -4.41. The van der Waals surface area contributed by atoms with Crippen molar-refractivity contribution in [2.45, 2.75) is 6.54 Å². The first-order valence-corrected chi connectivity index (χ1v) is 13.9. The molecule has 1 saturated heterocycles. The van der Waals surface area contributed by atoms with Crippen molar-refractivity contribution in [2.75, 3.05) is 22.5 Å². The molecule has 2 aromatic carbocycles. The van der Waals surface area contributed by atoms with Crippen LogP contribution in [-0.2, 0) is 25.5 Å². The van der Waals surface area contributed by atoms with Gasteiger partial charge in [0.2, 0.25) is 0 Å². The number of nitrogen functional groups attached to an aromatic ring is 1. The molecule has 0 aliphatic carbocycles. The van der Waals surface area contributed by atoms with E-state index in [2.05, 4.69) is 14.4 Å². The molecule has 0 radical (unpaired) electrons. The third kappa shape index (κ3) is 4.65. The average molecular weight is 583 g/mol. The Kier molecular flexibility index (Phi) is 6.44. The number of aliphatic hydroxyl groups is 1. The number of urea groups is 1. The van der Waals surface area contributed by atoms with Gasteiger partial charge in [-0.05, 0) is 35.2 Å². The largest absolute Gasteiger partial charge is 0.443 e. The molecule has 2 amide bonds. The summed E-state index contributed by atoms with van der Waals surface area (Å²) in [5.74, 6) is -0.363. The highest BCUT2D eigenvalue weighted by molar-refractivity contribution is 7.82. The number of nitrogens with two attached hydrogens (primary N) is 1. The Morgan fingerprint density at radius 1 is 1.00 bits per heavy atom. The molecule has 0 spiro atoms. The van der Waals surface area contributed by atoms with Gasteiger partial charge in [-0.2, -0.15) is 13.5 Å². The number of fused-ring (bicyclic) bond motifs is 1. The number of nitrogens with zero attached hydrogens (tertiary/aromatic N) is 5. The van der Waals surface area contributed by atoms with E-state index >= 15 is 0 Å². The Morgan fingerprint density at radius 3 is 2.48 bits per heavy atom. The summed E-state index contributed by atoms with van der Waals surface area (Å²) < 4.78 is 50.2. The summed E-state index contributed by atoms with van der Waals surface area (Å²) in [5.41, 5.74) is 9.38. The molecular weight excluding hydrogens is 563 g/mol. The molecule has 1 aliphatic rings. The smallest absolute Gasteiger partial charge is 0.394 e. The van der Waals surface area contributed by atoms with Gasteiger partial charge in [-0.15, -0.1) is 30.0 Å². The van der Waals surface area contributed by atoms with Crippen molar-refractivity contribution >= 4 is 55.0 Å². The van der Waals surface area contributed by atoms with Gasteiger partial charge in [-0.25, -0.2) is 14.2 Å². The second-order valence-corrected chi connectivity index (χ2v) is 10.6. The van der Waals surface area contributed by atoms with Crippen LogP contribution in [0, 0.1) is 5.82 Å². The van der Waals surface area contributed by atoms with Gasteiger partial charge < -0.3 is 10.8 Å². The zero-order chi connectivity index (χ0) is 28.0. The van der Waals surface area contributed by atoms with Crippen LogP contribution in [0.2, 0.25) is 0 Å². The van der Waals surface area contributed by atoms with Gasteiger partial charge in [0, 0.05) is 45.2 Å². The number of pyridine rings is 1. The number of amides is 2. The summed E-state index contributed by atoms with van der Waals surface area (Å²) >= 11 is 1.47. The topological polar surface area (TPSA) is 153 Å². The molecule has 0 unspecified atom stereocenters. The molecule has 3 aromatic heterocycles. The molecule has 5 aromatic rings. The number of carbonyl (C=O) groups is 1. The summed E-state index contributed by atoms with van der Waals surface area (Å²) in [5, 5.41) is 17.1. The fourth-order valence-corrected chi connectivity index (χ4v) is 6.05. The van der Waals surface area contributed by atoms with E-state index in [9.17, 15) is 22.7 Å². The minimum Gasteiger partial charge on any atom is -0.394 e. The van der Waals surface area contributed by atoms with Crippen molar-refractivity contribution in [1.82, 2.24) is 14.8 Å². The van der Waals surface area contributed by atoms with Crippen LogP contribution in [0.1, 0.15) is 0 Å². The van der Waals surface area contributed by atoms with Crippen LogP contribution < -0.4 is 15.9 Å². The molecule has 15 heteroatoms. The number of hydrogen-bond donors (Lipinski definition) is 2. The predicted molar refractivity (Wildman–Crippen MR) is 146 cm³/mol. The van der Waals surface area contributed by atoms with E-state index in [0.717, 1.165) is 44.5 Å². The summed E-state index contributed by atoms with van der Waals surface area (Å²) in [6.07, 6.45) is 5.18. The number of thiophene rings is 1. The fraction of sp³-hybridized carbons (Fsp3) is 0.0800. The zero-order valence-electron chi connectivity index (χ0n) is 20.3. The van der Waals surface area contributed by atoms with Gasteiger partial charge in [0.25, 0.3) is 0 Å². The van der Waals surface area contributed by atoms with Gasteiger partial charge in [-0.1, -0.05) is 18.2 Å². The first kappa shape index (κ1) is 25.8. The first-order chi connectivity index (χ1) is 19.2. The standard InChI is InChI=1S/C25H19FN6O6S2/c26-17-2-1-3-19(10-17)32-25(34)31(37-40(35,36)38-32)18-6-4-15(5-7-18)21-14-39-23-20(12-28-24(27)22(21)23)16-11-29-30(13-16)8-9-33/h1-7,10-14,33H,8-9H2,(H2,27,28). The number of carbonyl (C=O) groups excluding carboxylic acids is 1. The molecule has 40 heavy (non-hydrogen) atoms. The molecule has 4 heterocycles. The highest BCUT2D eigenvalue weighted by atomic mass is 32.3. The molecule has 0 atom stereocenters. The lowest BCUT2D eigenvalue weighted by atomic mass is 10.0. The second-order valence-electron chi connectivity index (χ2n) is 8.58. The van der Waals surface area contributed by atoms with Gasteiger partial charge in [0.1, 0.15) is 11.6 Å². The molecular formula is C25H19FN6O6S2. The minimum atomic E-state index is -4.68. The summed E-state index contributed by atoms with van der Waals surface area (Å²) in [7, 11) is -4.68. The van der Waals surface area contributed by atoms with Gasteiger partial charge >= 0.3 is 16.4 Å². The molecule has 12 nitrogen and oxygen atoms in total. The van der Waals surface area contributed by atoms with Crippen molar-refractivity contribution < 1.29 is 31.3 Å². The van der Waals surface area contributed by atoms with E-state index in [1.807, 2.05) is 11.6 Å². The number of aliphatic hydroxyl groups excluding tert-OH is 1. The Bertz CT molecular complexity index is 1860.